The van der Waals surface area contributed by atoms with Crippen molar-refractivity contribution in [3.05, 3.63) is 39.6 Å². The Morgan fingerprint density at radius 2 is 1.61 bits per heavy atom. The molecule has 0 aliphatic heterocycles. The van der Waals surface area contributed by atoms with E-state index in [9.17, 15) is 22.8 Å². The van der Waals surface area contributed by atoms with E-state index in [-0.39, 0.29) is 17.1 Å². The molecule has 3 heterocycles. The van der Waals surface area contributed by atoms with Crippen molar-refractivity contribution < 1.29 is 22.8 Å². The molecular formula is C17H18BrF3N8O2. The minimum atomic E-state index is -4.74. The Labute approximate surface area is 182 Å². The van der Waals surface area contributed by atoms with Gasteiger partial charge in [0.15, 0.2) is 5.69 Å². The smallest absolute Gasteiger partial charge is 0.318 e. The summed E-state index contributed by atoms with van der Waals surface area (Å²) in [5, 5.41) is 16.6. The van der Waals surface area contributed by atoms with Gasteiger partial charge in [0.2, 0.25) is 0 Å². The molecule has 0 bridgehead atoms. The van der Waals surface area contributed by atoms with Crippen LogP contribution < -0.4 is 10.6 Å². The van der Waals surface area contributed by atoms with Gasteiger partial charge < -0.3 is 10.6 Å². The van der Waals surface area contributed by atoms with Gasteiger partial charge in [0.25, 0.3) is 11.8 Å². The topological polar surface area (TPSA) is 112 Å². The van der Waals surface area contributed by atoms with Gasteiger partial charge in [-0.15, -0.1) is 0 Å². The predicted molar refractivity (Wildman–Crippen MR) is 108 cm³/mol. The Bertz CT molecular complexity index is 1160. The molecule has 0 unspecified atom stereocenters. The molecule has 0 atom stereocenters. The van der Waals surface area contributed by atoms with E-state index in [1.165, 1.54) is 24.1 Å². The molecule has 3 rings (SSSR count). The molecule has 0 aromatic carbocycles. The summed E-state index contributed by atoms with van der Waals surface area (Å²) >= 11 is 2.80. The molecule has 0 aliphatic carbocycles. The number of carbonyl (C=O) groups excluding carboxylic acids is 2. The first-order chi connectivity index (χ1) is 14.5. The molecule has 166 valence electrons. The van der Waals surface area contributed by atoms with Crippen LogP contribution in [0.5, 0.6) is 0 Å². The van der Waals surface area contributed by atoms with E-state index in [1.807, 2.05) is 0 Å². The van der Waals surface area contributed by atoms with Gasteiger partial charge in [-0.25, -0.2) is 0 Å². The van der Waals surface area contributed by atoms with Gasteiger partial charge in [-0.3, -0.25) is 23.6 Å². The fourth-order valence-electron chi connectivity index (χ4n) is 2.87. The number of anilines is 2. The van der Waals surface area contributed by atoms with Crippen LogP contribution in [0.2, 0.25) is 0 Å². The minimum Gasteiger partial charge on any atom is -0.318 e. The van der Waals surface area contributed by atoms with Crippen LogP contribution in [0.3, 0.4) is 0 Å². The number of hydrogen-bond donors (Lipinski definition) is 2. The van der Waals surface area contributed by atoms with Crippen LogP contribution in [0.25, 0.3) is 0 Å². The van der Waals surface area contributed by atoms with Crippen LogP contribution in [-0.4, -0.2) is 41.2 Å². The van der Waals surface area contributed by atoms with Crippen molar-refractivity contribution in [2.75, 3.05) is 10.6 Å². The summed E-state index contributed by atoms with van der Waals surface area (Å²) in [6, 6.07) is 0. The van der Waals surface area contributed by atoms with Gasteiger partial charge in [-0.2, -0.15) is 28.5 Å². The first-order valence-corrected chi connectivity index (χ1v) is 9.71. The van der Waals surface area contributed by atoms with E-state index in [0.29, 0.717) is 17.9 Å². The molecule has 14 heteroatoms. The van der Waals surface area contributed by atoms with Gasteiger partial charge in [0, 0.05) is 20.6 Å². The van der Waals surface area contributed by atoms with Crippen molar-refractivity contribution in [2.45, 2.75) is 26.6 Å². The van der Waals surface area contributed by atoms with Crippen molar-refractivity contribution in [3.63, 3.8) is 0 Å². The van der Waals surface area contributed by atoms with Crippen molar-refractivity contribution in [2.24, 2.45) is 14.1 Å². The van der Waals surface area contributed by atoms with Crippen LogP contribution in [0.15, 0.2) is 16.9 Å². The number of nitrogens with zero attached hydrogens (tertiary/aromatic N) is 6. The van der Waals surface area contributed by atoms with Gasteiger partial charge in [0.1, 0.15) is 11.4 Å². The quantitative estimate of drug-likeness (QED) is 0.556. The van der Waals surface area contributed by atoms with E-state index >= 15 is 0 Å². The lowest BCUT2D eigenvalue weighted by Crippen LogP contribution is -2.22. The number of carbonyl (C=O) groups is 2. The Kier molecular flexibility index (Phi) is 5.93. The zero-order valence-corrected chi connectivity index (χ0v) is 18.5. The number of halogens is 4. The third-order valence-electron chi connectivity index (χ3n) is 4.56. The van der Waals surface area contributed by atoms with E-state index in [2.05, 4.69) is 41.9 Å². The second kappa shape index (κ2) is 8.17. The normalized spacial score (nSPS) is 11.6. The Morgan fingerprint density at radius 3 is 2.13 bits per heavy atom. The molecule has 0 saturated heterocycles. The van der Waals surface area contributed by atoms with Crippen LogP contribution in [0.4, 0.5) is 24.5 Å². The van der Waals surface area contributed by atoms with E-state index in [0.717, 1.165) is 4.68 Å². The van der Waals surface area contributed by atoms with Crippen molar-refractivity contribution in [3.8, 4) is 0 Å². The van der Waals surface area contributed by atoms with Crippen LogP contribution >= 0.6 is 15.9 Å². The van der Waals surface area contributed by atoms with Gasteiger partial charge in [0.05, 0.1) is 33.9 Å². The van der Waals surface area contributed by atoms with E-state index in [1.54, 1.807) is 25.6 Å². The molecule has 0 saturated carbocycles. The maximum absolute atomic E-state index is 13.1. The fraction of sp³-hybridized carbons (Fsp3) is 0.353. The largest absolute Gasteiger partial charge is 0.436 e. The highest BCUT2D eigenvalue weighted by Gasteiger charge is 2.39. The average Bonchev–Trinajstić information content (AvgIpc) is 3.32. The van der Waals surface area contributed by atoms with E-state index < -0.39 is 28.2 Å². The number of aromatic nitrogens is 6. The second-order valence-electron chi connectivity index (χ2n) is 6.53. The fourth-order valence-corrected chi connectivity index (χ4v) is 3.61. The zero-order chi connectivity index (χ0) is 23.1. The zero-order valence-electron chi connectivity index (χ0n) is 16.9. The average molecular weight is 503 g/mol. The lowest BCUT2D eigenvalue weighted by atomic mass is 10.2. The highest BCUT2D eigenvalue weighted by Crippen LogP contribution is 2.35. The highest BCUT2D eigenvalue weighted by molar-refractivity contribution is 9.10. The molecule has 10 nitrogen and oxygen atoms in total. The van der Waals surface area contributed by atoms with Crippen molar-refractivity contribution in [1.29, 1.82) is 0 Å². The van der Waals surface area contributed by atoms with Gasteiger partial charge in [-0.1, -0.05) is 0 Å². The summed E-state index contributed by atoms with van der Waals surface area (Å²) in [6.45, 7) is 3.83. The molecule has 0 radical (unpaired) electrons. The summed E-state index contributed by atoms with van der Waals surface area (Å²) in [6.07, 6.45) is -2.01. The first-order valence-electron chi connectivity index (χ1n) is 8.92. The minimum absolute atomic E-state index is 0.0348. The third kappa shape index (κ3) is 4.19. The second-order valence-corrected chi connectivity index (χ2v) is 7.32. The van der Waals surface area contributed by atoms with Gasteiger partial charge in [-0.05, 0) is 29.8 Å². The molecule has 31 heavy (non-hydrogen) atoms. The summed E-state index contributed by atoms with van der Waals surface area (Å²) in [7, 11) is 2.93. The molecule has 0 spiro atoms. The number of alkyl halides is 3. The summed E-state index contributed by atoms with van der Waals surface area (Å²) in [5.41, 5.74) is -0.334. The summed E-state index contributed by atoms with van der Waals surface area (Å²) in [5.74, 6) is -1.45. The molecule has 3 aromatic rings. The van der Waals surface area contributed by atoms with Gasteiger partial charge >= 0.3 is 6.18 Å². The molecule has 2 N–H and O–H groups in total. The third-order valence-corrected chi connectivity index (χ3v) is 5.31. The van der Waals surface area contributed by atoms with Crippen molar-refractivity contribution >= 4 is 39.1 Å². The maximum Gasteiger partial charge on any atom is 0.436 e. The standard InChI is InChI=1S/C17H18BrF3N8O2/c1-5-29-12(15(30)24-9-6-22-27(3)8(9)2)10(7-23-29)25-16(31)13-11(18)14(17(19,20)21)26-28(13)4/h6-7H,5H2,1-4H3,(H,24,30)(H,25,31). The Balaban J connectivity index is 1.92. The lowest BCUT2D eigenvalue weighted by molar-refractivity contribution is -0.142. The van der Waals surface area contributed by atoms with Crippen LogP contribution in [0, 0.1) is 6.92 Å². The molecule has 0 fully saturated rings. The SMILES string of the molecule is CCn1ncc(NC(=O)c2c(Br)c(C(F)(F)F)nn2C)c1C(=O)Nc1cnn(C)c1C. The lowest BCUT2D eigenvalue weighted by Gasteiger charge is -2.10. The van der Waals surface area contributed by atoms with Crippen molar-refractivity contribution in [1.82, 2.24) is 29.3 Å². The predicted octanol–water partition coefficient (Wildman–Crippen LogP) is 2.96. The summed E-state index contributed by atoms with van der Waals surface area (Å²) < 4.78 is 42.5. The monoisotopic (exact) mass is 502 g/mol. The van der Waals surface area contributed by atoms with E-state index in [4.69, 9.17) is 0 Å². The highest BCUT2D eigenvalue weighted by atomic mass is 79.9. The van der Waals surface area contributed by atoms with Crippen LogP contribution in [-0.2, 0) is 26.8 Å². The maximum atomic E-state index is 13.1. The number of rotatable bonds is 5. The number of hydrogen-bond acceptors (Lipinski definition) is 5. The number of aryl methyl sites for hydroxylation is 3. The van der Waals surface area contributed by atoms with Crippen LogP contribution in [0.1, 0.15) is 39.3 Å². The summed E-state index contributed by atoms with van der Waals surface area (Å²) in [4.78, 5) is 25.6. The molecule has 3 aromatic heterocycles. The number of amides is 2. The molecular weight excluding hydrogens is 485 g/mol. The molecule has 2 amide bonds. The Hall–Kier alpha value is -3.16. The molecule has 0 aliphatic rings. The first kappa shape index (κ1) is 22.5. The Morgan fingerprint density at radius 1 is 1.03 bits per heavy atom. The number of nitrogens with one attached hydrogen (secondary N) is 2.